The van der Waals surface area contributed by atoms with Crippen LogP contribution >= 0.6 is 11.3 Å². The van der Waals surface area contributed by atoms with Crippen LogP contribution in [0.25, 0.3) is 0 Å². The molecule has 1 N–H and O–H groups in total. The van der Waals surface area contributed by atoms with Gasteiger partial charge >= 0.3 is 0 Å². The number of rotatable bonds is 10. The molecule has 0 atom stereocenters. The van der Waals surface area contributed by atoms with Gasteiger partial charge in [0, 0.05) is 19.6 Å². The molecule has 1 saturated heterocycles. The van der Waals surface area contributed by atoms with Crippen LogP contribution in [0.4, 0.5) is 5.69 Å². The van der Waals surface area contributed by atoms with Gasteiger partial charge in [0.1, 0.15) is 10.8 Å². The van der Waals surface area contributed by atoms with E-state index in [1.807, 2.05) is 13.8 Å². The monoisotopic (exact) mass is 499 g/mol. The minimum atomic E-state index is -4.05. The van der Waals surface area contributed by atoms with E-state index in [1.54, 1.807) is 11.4 Å². The molecule has 32 heavy (non-hydrogen) atoms. The number of sulfonamides is 2. The Balaban J connectivity index is 1.94. The highest BCUT2D eigenvalue weighted by Crippen LogP contribution is 2.29. The van der Waals surface area contributed by atoms with Gasteiger partial charge in [-0.2, -0.15) is 4.31 Å². The molecule has 1 aliphatic heterocycles. The number of nitrogens with zero attached hydrogens (tertiary/aromatic N) is 2. The summed E-state index contributed by atoms with van der Waals surface area (Å²) in [6.45, 7) is 4.96. The highest BCUT2D eigenvalue weighted by atomic mass is 32.2. The number of hydrogen-bond donors (Lipinski definition) is 1. The second kappa shape index (κ2) is 10.3. The molecule has 0 saturated carbocycles. The topological polar surface area (TPSA) is 104 Å². The van der Waals surface area contributed by atoms with Gasteiger partial charge in [0.15, 0.2) is 0 Å². The lowest BCUT2D eigenvalue weighted by Gasteiger charge is -2.24. The summed E-state index contributed by atoms with van der Waals surface area (Å²) < 4.78 is 55.1. The highest BCUT2D eigenvalue weighted by molar-refractivity contribution is 7.94. The Morgan fingerprint density at radius 3 is 2.47 bits per heavy atom. The molecule has 0 aliphatic carbocycles. The van der Waals surface area contributed by atoms with Crippen LogP contribution < -0.4 is 9.62 Å². The fourth-order valence-corrected chi connectivity index (χ4v) is 7.47. The standard InChI is InChI=1S/C21H29N3O5S3/c1-17(2)10-11-22-20(25)16-24(32(28,29)21-9-6-14-30-21)18-7-5-8-19(15-18)31(26,27)23-12-3-4-13-23/h5-9,14-15,17H,3-4,10-13,16H2,1-2H3,(H,22,25). The number of amides is 1. The zero-order valence-electron chi connectivity index (χ0n) is 18.2. The van der Waals surface area contributed by atoms with E-state index in [0.29, 0.717) is 25.6 Å². The molecule has 0 bridgehead atoms. The maximum Gasteiger partial charge on any atom is 0.274 e. The van der Waals surface area contributed by atoms with Crippen molar-refractivity contribution in [2.24, 2.45) is 5.92 Å². The van der Waals surface area contributed by atoms with E-state index < -0.39 is 32.5 Å². The fourth-order valence-electron chi connectivity index (χ4n) is 3.40. The van der Waals surface area contributed by atoms with Crippen LogP contribution in [0.5, 0.6) is 0 Å². The SMILES string of the molecule is CC(C)CCNC(=O)CN(c1cccc(S(=O)(=O)N2CCCC2)c1)S(=O)(=O)c1cccs1. The first-order valence-electron chi connectivity index (χ1n) is 10.6. The first kappa shape index (κ1) is 24.7. The summed E-state index contributed by atoms with van der Waals surface area (Å²) in [4.78, 5) is 12.6. The van der Waals surface area contributed by atoms with Gasteiger partial charge < -0.3 is 5.32 Å². The van der Waals surface area contributed by atoms with Crippen molar-refractivity contribution in [3.63, 3.8) is 0 Å². The van der Waals surface area contributed by atoms with Crippen LogP contribution in [-0.2, 0) is 24.8 Å². The Morgan fingerprint density at radius 2 is 1.84 bits per heavy atom. The Morgan fingerprint density at radius 1 is 1.12 bits per heavy atom. The van der Waals surface area contributed by atoms with Crippen molar-refractivity contribution in [2.75, 3.05) is 30.5 Å². The summed E-state index contributed by atoms with van der Waals surface area (Å²) in [5, 5.41) is 4.39. The Bertz CT molecular complexity index is 1120. The van der Waals surface area contributed by atoms with Crippen LogP contribution in [0.3, 0.4) is 0 Å². The number of benzene rings is 1. The molecule has 8 nitrogen and oxygen atoms in total. The molecule has 0 unspecified atom stereocenters. The number of anilines is 1. The van der Waals surface area contributed by atoms with Crippen LogP contribution in [0.2, 0.25) is 0 Å². The number of thiophene rings is 1. The van der Waals surface area contributed by atoms with E-state index in [4.69, 9.17) is 0 Å². The van der Waals surface area contributed by atoms with Gasteiger partial charge in [0.2, 0.25) is 15.9 Å². The first-order valence-corrected chi connectivity index (χ1v) is 14.3. The lowest BCUT2D eigenvalue weighted by molar-refractivity contribution is -0.119. The fraction of sp³-hybridized carbons (Fsp3) is 0.476. The van der Waals surface area contributed by atoms with Gasteiger partial charge in [-0.15, -0.1) is 11.3 Å². The normalized spacial score (nSPS) is 15.2. The molecule has 1 amide bonds. The van der Waals surface area contributed by atoms with Gasteiger partial charge in [-0.25, -0.2) is 16.8 Å². The van der Waals surface area contributed by atoms with Gasteiger partial charge in [-0.1, -0.05) is 26.0 Å². The molecule has 0 radical (unpaired) electrons. The van der Waals surface area contributed by atoms with Crippen molar-refractivity contribution < 1.29 is 21.6 Å². The zero-order valence-corrected chi connectivity index (χ0v) is 20.7. The molecule has 1 aromatic carbocycles. The molecule has 176 valence electrons. The predicted octanol–water partition coefficient (Wildman–Crippen LogP) is 2.89. The number of nitrogens with one attached hydrogen (secondary N) is 1. The minimum absolute atomic E-state index is 0.0171. The maximum atomic E-state index is 13.3. The summed E-state index contributed by atoms with van der Waals surface area (Å²) in [7, 11) is -7.78. The van der Waals surface area contributed by atoms with E-state index in [0.717, 1.165) is 34.9 Å². The molecular formula is C21H29N3O5S3. The van der Waals surface area contributed by atoms with Crippen molar-refractivity contribution in [1.82, 2.24) is 9.62 Å². The molecule has 1 aromatic heterocycles. The van der Waals surface area contributed by atoms with Gasteiger partial charge in [-0.3, -0.25) is 9.10 Å². The van der Waals surface area contributed by atoms with Crippen molar-refractivity contribution >= 4 is 43.0 Å². The third-order valence-electron chi connectivity index (χ3n) is 5.18. The summed E-state index contributed by atoms with van der Waals surface area (Å²) >= 11 is 1.04. The Hall–Kier alpha value is -1.95. The van der Waals surface area contributed by atoms with E-state index in [2.05, 4.69) is 5.32 Å². The number of hydrogen-bond acceptors (Lipinski definition) is 6. The highest BCUT2D eigenvalue weighted by Gasteiger charge is 2.31. The summed E-state index contributed by atoms with van der Waals surface area (Å²) in [6, 6.07) is 8.89. The first-order chi connectivity index (χ1) is 15.1. The molecule has 11 heteroatoms. The Labute approximate surface area is 194 Å². The van der Waals surface area contributed by atoms with E-state index in [9.17, 15) is 21.6 Å². The van der Waals surface area contributed by atoms with E-state index >= 15 is 0 Å². The molecule has 0 spiro atoms. The summed E-state index contributed by atoms with van der Waals surface area (Å²) in [5.74, 6) is -0.0488. The average molecular weight is 500 g/mol. The largest absolute Gasteiger partial charge is 0.355 e. The Kier molecular flexibility index (Phi) is 7.97. The van der Waals surface area contributed by atoms with Gasteiger partial charge in [0.25, 0.3) is 10.0 Å². The molecule has 2 heterocycles. The van der Waals surface area contributed by atoms with Crippen molar-refractivity contribution in [3.05, 3.63) is 41.8 Å². The smallest absolute Gasteiger partial charge is 0.274 e. The average Bonchev–Trinajstić information content (AvgIpc) is 3.46. The molecule has 1 aliphatic rings. The number of carbonyl (C=O) groups is 1. The lowest BCUT2D eigenvalue weighted by atomic mass is 10.1. The second-order valence-corrected chi connectivity index (χ2v) is 13.1. The third kappa shape index (κ3) is 5.69. The molecular weight excluding hydrogens is 470 g/mol. The molecule has 1 fully saturated rings. The maximum absolute atomic E-state index is 13.3. The predicted molar refractivity (Wildman–Crippen MR) is 126 cm³/mol. The van der Waals surface area contributed by atoms with Gasteiger partial charge in [-0.05, 0) is 54.8 Å². The van der Waals surface area contributed by atoms with Crippen molar-refractivity contribution in [3.8, 4) is 0 Å². The quantitative estimate of drug-likeness (QED) is 0.541. The van der Waals surface area contributed by atoms with Gasteiger partial charge in [0.05, 0.1) is 10.6 Å². The summed E-state index contributed by atoms with van der Waals surface area (Å²) in [6.07, 6.45) is 2.37. The lowest BCUT2D eigenvalue weighted by Crippen LogP contribution is -2.41. The van der Waals surface area contributed by atoms with Crippen molar-refractivity contribution in [1.29, 1.82) is 0 Å². The summed E-state index contributed by atoms with van der Waals surface area (Å²) in [5.41, 5.74) is 0.137. The van der Waals surface area contributed by atoms with Crippen LogP contribution in [0, 0.1) is 5.92 Å². The van der Waals surface area contributed by atoms with Crippen molar-refractivity contribution in [2.45, 2.75) is 42.2 Å². The molecule has 2 aromatic rings. The second-order valence-electron chi connectivity index (χ2n) is 8.08. The van der Waals surface area contributed by atoms with E-state index in [-0.39, 0.29) is 14.8 Å². The van der Waals surface area contributed by atoms with Crippen LogP contribution in [-0.4, -0.2) is 53.2 Å². The number of carbonyl (C=O) groups excluding carboxylic acids is 1. The zero-order chi connectivity index (χ0) is 23.4. The minimum Gasteiger partial charge on any atom is -0.355 e. The van der Waals surface area contributed by atoms with Crippen LogP contribution in [0.1, 0.15) is 33.1 Å². The third-order valence-corrected chi connectivity index (χ3v) is 10.2. The molecule has 3 rings (SSSR count). The van der Waals surface area contributed by atoms with Crippen LogP contribution in [0.15, 0.2) is 50.9 Å². The van der Waals surface area contributed by atoms with E-state index in [1.165, 1.54) is 34.6 Å².